The fourth-order valence-electron chi connectivity index (χ4n) is 5.66. The number of carbonyl (C=O) groups is 3. The molecule has 170 valence electrons. The molecule has 1 spiro atoms. The van der Waals surface area contributed by atoms with Crippen LogP contribution in [0.2, 0.25) is 0 Å². The highest BCUT2D eigenvalue weighted by molar-refractivity contribution is 8.02. The van der Waals surface area contributed by atoms with Crippen LogP contribution < -0.4 is 10.6 Å². The lowest BCUT2D eigenvalue weighted by Crippen LogP contribution is -2.57. The van der Waals surface area contributed by atoms with Crippen molar-refractivity contribution in [2.45, 2.75) is 81.9 Å². The number of hydrogen-bond acceptors (Lipinski definition) is 5. The van der Waals surface area contributed by atoms with Crippen molar-refractivity contribution in [3.63, 3.8) is 0 Å². The lowest BCUT2D eigenvalue weighted by Gasteiger charge is -2.39. The van der Waals surface area contributed by atoms with Gasteiger partial charge in [0.1, 0.15) is 6.04 Å². The van der Waals surface area contributed by atoms with Crippen molar-refractivity contribution in [2.24, 2.45) is 17.8 Å². The van der Waals surface area contributed by atoms with E-state index in [-0.39, 0.29) is 47.5 Å². The van der Waals surface area contributed by atoms with Crippen LogP contribution in [0, 0.1) is 17.8 Å². The molecule has 3 heterocycles. The van der Waals surface area contributed by atoms with Crippen LogP contribution in [0.3, 0.4) is 0 Å². The van der Waals surface area contributed by atoms with Crippen molar-refractivity contribution in [3.05, 3.63) is 0 Å². The minimum absolute atomic E-state index is 0.0122. The van der Waals surface area contributed by atoms with Crippen LogP contribution in [-0.2, 0) is 14.4 Å². The number of carbonyl (C=O) groups excluding carboxylic acids is 3. The predicted octanol–water partition coefficient (Wildman–Crippen LogP) is 1.54. The molecule has 3 N–H and O–H groups in total. The Bertz CT molecular complexity index is 673. The molecule has 0 aromatic rings. The highest BCUT2D eigenvalue weighted by atomic mass is 32.2. The van der Waals surface area contributed by atoms with Gasteiger partial charge in [-0.05, 0) is 51.9 Å². The molecule has 3 rings (SSSR count). The molecular weight excluding hydrogens is 402 g/mol. The third-order valence-electron chi connectivity index (χ3n) is 6.83. The summed E-state index contributed by atoms with van der Waals surface area (Å²) in [6.07, 6.45) is 3.96. The summed E-state index contributed by atoms with van der Waals surface area (Å²) in [5.41, 5.74) is 0. The number of amides is 3. The van der Waals surface area contributed by atoms with Crippen molar-refractivity contribution in [3.8, 4) is 0 Å². The van der Waals surface area contributed by atoms with Crippen LogP contribution in [0.4, 0.5) is 0 Å². The zero-order valence-corrected chi connectivity index (χ0v) is 19.5. The number of thioether (sulfide) groups is 1. The van der Waals surface area contributed by atoms with Crippen LogP contribution >= 0.6 is 11.8 Å². The van der Waals surface area contributed by atoms with Crippen molar-refractivity contribution in [1.82, 2.24) is 15.5 Å². The van der Waals surface area contributed by atoms with Crippen LogP contribution in [0.15, 0.2) is 0 Å². The van der Waals surface area contributed by atoms with E-state index in [1.54, 1.807) is 16.7 Å². The van der Waals surface area contributed by atoms with Crippen molar-refractivity contribution in [2.75, 3.05) is 19.7 Å². The van der Waals surface area contributed by atoms with E-state index in [1.165, 1.54) is 0 Å². The number of aliphatic hydroxyl groups excluding tert-OH is 1. The zero-order valence-electron chi connectivity index (χ0n) is 18.6. The van der Waals surface area contributed by atoms with E-state index < -0.39 is 16.7 Å². The molecule has 0 aromatic carbocycles. The smallest absolute Gasteiger partial charge is 0.244 e. The summed E-state index contributed by atoms with van der Waals surface area (Å²) in [6.45, 7) is 9.25. The minimum atomic E-state index is -0.541. The molecule has 3 amide bonds. The molecule has 6 atom stereocenters. The summed E-state index contributed by atoms with van der Waals surface area (Å²) in [7, 11) is 0. The third kappa shape index (κ3) is 3.85. The Hall–Kier alpha value is -1.28. The molecular formula is C22H37N3O4S. The van der Waals surface area contributed by atoms with Gasteiger partial charge in [-0.2, -0.15) is 0 Å². The van der Waals surface area contributed by atoms with E-state index in [1.807, 2.05) is 20.8 Å². The van der Waals surface area contributed by atoms with E-state index >= 15 is 0 Å². The van der Waals surface area contributed by atoms with Gasteiger partial charge in [0.15, 0.2) is 0 Å². The lowest BCUT2D eigenvalue weighted by atomic mass is 9.66. The summed E-state index contributed by atoms with van der Waals surface area (Å²) >= 11 is 1.72. The first kappa shape index (κ1) is 23.4. The molecule has 7 nitrogen and oxygen atoms in total. The van der Waals surface area contributed by atoms with Crippen molar-refractivity contribution >= 4 is 29.5 Å². The molecule has 0 saturated carbocycles. The Labute approximate surface area is 184 Å². The molecule has 3 aliphatic heterocycles. The number of likely N-dealkylation sites (tertiary alicyclic amines) is 1. The Morgan fingerprint density at radius 3 is 2.63 bits per heavy atom. The Morgan fingerprint density at radius 1 is 1.27 bits per heavy atom. The molecule has 0 aliphatic carbocycles. The fourth-order valence-corrected chi connectivity index (χ4v) is 8.08. The van der Waals surface area contributed by atoms with Crippen LogP contribution in [0.25, 0.3) is 0 Å². The molecule has 30 heavy (non-hydrogen) atoms. The molecule has 3 saturated heterocycles. The van der Waals surface area contributed by atoms with E-state index in [9.17, 15) is 14.4 Å². The normalized spacial score (nSPS) is 34.5. The van der Waals surface area contributed by atoms with Gasteiger partial charge < -0.3 is 20.6 Å². The van der Waals surface area contributed by atoms with Crippen LogP contribution in [0.5, 0.6) is 0 Å². The molecule has 0 radical (unpaired) electrons. The first-order valence-electron chi connectivity index (χ1n) is 11.5. The van der Waals surface area contributed by atoms with Crippen LogP contribution in [0.1, 0.15) is 59.8 Å². The largest absolute Gasteiger partial charge is 0.396 e. The van der Waals surface area contributed by atoms with E-state index in [4.69, 9.17) is 5.11 Å². The van der Waals surface area contributed by atoms with Gasteiger partial charge >= 0.3 is 0 Å². The highest BCUT2D eigenvalue weighted by Gasteiger charge is 2.75. The van der Waals surface area contributed by atoms with Gasteiger partial charge in [-0.25, -0.2) is 0 Å². The zero-order chi connectivity index (χ0) is 22.1. The summed E-state index contributed by atoms with van der Waals surface area (Å²) in [5.74, 6) is -0.775. The second kappa shape index (κ2) is 9.47. The van der Waals surface area contributed by atoms with E-state index in [2.05, 4.69) is 17.6 Å². The summed E-state index contributed by atoms with van der Waals surface area (Å²) in [4.78, 5) is 41.8. The maximum atomic E-state index is 13.7. The predicted molar refractivity (Wildman–Crippen MR) is 118 cm³/mol. The number of aliphatic hydroxyl groups is 1. The quantitative estimate of drug-likeness (QED) is 0.449. The summed E-state index contributed by atoms with van der Waals surface area (Å²) in [5, 5.41) is 15.2. The van der Waals surface area contributed by atoms with E-state index in [0.717, 1.165) is 25.7 Å². The number of unbranched alkanes of at least 4 members (excludes halogenated alkanes) is 2. The fraction of sp³-hybridized carbons (Fsp3) is 0.864. The topological polar surface area (TPSA) is 98.7 Å². The number of fused-ring (bicyclic) bond motifs is 1. The average molecular weight is 440 g/mol. The Balaban J connectivity index is 1.93. The standard InChI is InChI=1S/C22H37N3O4S/c1-5-9-23-19(27)16-15-12-14(4)22(30-15)17(16)21(29)25(10-7-6-8-11-26)18(22)20(28)24-13(2)3/h13-18,26H,5-12H2,1-4H3,(H,23,27)(H,24,28)/t14?,15-,16+,17+,18?,22?/m1/s1. The first-order chi connectivity index (χ1) is 14.3. The van der Waals surface area contributed by atoms with Crippen molar-refractivity contribution in [1.29, 1.82) is 0 Å². The van der Waals surface area contributed by atoms with Crippen LogP contribution in [-0.4, -0.2) is 69.5 Å². The van der Waals surface area contributed by atoms with Gasteiger partial charge in [0.25, 0.3) is 0 Å². The average Bonchev–Trinajstić information content (AvgIpc) is 3.27. The maximum Gasteiger partial charge on any atom is 0.244 e. The molecule has 8 heteroatoms. The molecule has 2 bridgehead atoms. The van der Waals surface area contributed by atoms with Gasteiger partial charge in [0.2, 0.25) is 17.7 Å². The number of hydrogen-bond donors (Lipinski definition) is 3. The Morgan fingerprint density at radius 2 is 2.00 bits per heavy atom. The SMILES string of the molecule is CCCNC(=O)[C@@H]1[C@H]2C(=O)N(CCCCCO)C(C(=O)NC(C)C)C23S[C@@H]1CC3C. The first-order valence-corrected chi connectivity index (χ1v) is 12.3. The summed E-state index contributed by atoms with van der Waals surface area (Å²) < 4.78 is -0.536. The third-order valence-corrected chi connectivity index (χ3v) is 8.91. The van der Waals surface area contributed by atoms with E-state index in [0.29, 0.717) is 19.5 Å². The monoisotopic (exact) mass is 439 g/mol. The molecule has 3 aliphatic rings. The summed E-state index contributed by atoms with van der Waals surface area (Å²) in [6, 6.07) is -0.553. The number of nitrogens with zero attached hydrogens (tertiary/aromatic N) is 1. The highest BCUT2D eigenvalue weighted by Crippen LogP contribution is 2.68. The Kier molecular flexibility index (Phi) is 7.38. The van der Waals surface area contributed by atoms with Gasteiger partial charge in [0, 0.05) is 31.0 Å². The van der Waals surface area contributed by atoms with Gasteiger partial charge in [-0.3, -0.25) is 14.4 Å². The molecule has 3 fully saturated rings. The second-order valence-electron chi connectivity index (χ2n) is 9.32. The van der Waals surface area contributed by atoms with Gasteiger partial charge in [-0.1, -0.05) is 13.8 Å². The maximum absolute atomic E-state index is 13.7. The number of rotatable bonds is 10. The lowest BCUT2D eigenvalue weighted by molar-refractivity contribution is -0.140. The number of nitrogens with one attached hydrogen (secondary N) is 2. The molecule has 0 aromatic heterocycles. The van der Waals surface area contributed by atoms with Gasteiger partial charge in [0.05, 0.1) is 16.6 Å². The van der Waals surface area contributed by atoms with Gasteiger partial charge in [-0.15, -0.1) is 11.8 Å². The van der Waals surface area contributed by atoms with Crippen molar-refractivity contribution < 1.29 is 19.5 Å². The molecule has 3 unspecified atom stereocenters. The second-order valence-corrected chi connectivity index (χ2v) is 10.9. The minimum Gasteiger partial charge on any atom is -0.396 e.